The van der Waals surface area contributed by atoms with Gasteiger partial charge < -0.3 is 4.90 Å². The van der Waals surface area contributed by atoms with Crippen LogP contribution < -0.4 is 10.9 Å². The summed E-state index contributed by atoms with van der Waals surface area (Å²) in [5, 5.41) is 0. The second-order valence-electron chi connectivity index (χ2n) is 8.04. The molecule has 30 heavy (non-hydrogen) atoms. The molecule has 2 aliphatic heterocycles. The van der Waals surface area contributed by atoms with Crippen molar-refractivity contribution in [1.29, 1.82) is 0 Å². The Morgan fingerprint density at radius 1 is 1.20 bits per heavy atom. The summed E-state index contributed by atoms with van der Waals surface area (Å²) in [6, 6.07) is 10.9. The van der Waals surface area contributed by atoms with Gasteiger partial charge in [0.05, 0.1) is 23.2 Å². The highest BCUT2D eigenvalue weighted by Crippen LogP contribution is 2.33. The van der Waals surface area contributed by atoms with Crippen LogP contribution in [0.1, 0.15) is 48.3 Å². The molecule has 2 N–H and O–H groups in total. The van der Waals surface area contributed by atoms with Crippen LogP contribution >= 0.6 is 0 Å². The second-order valence-corrected chi connectivity index (χ2v) is 8.04. The lowest BCUT2D eigenvalue weighted by atomic mass is 10.0. The maximum Gasteiger partial charge on any atom is 0.416 e. The molecule has 3 unspecified atom stereocenters. The number of halogens is 3. The predicted molar refractivity (Wildman–Crippen MR) is 106 cm³/mol. The number of hydrogen-bond donors (Lipinski definition) is 2. The Kier molecular flexibility index (Phi) is 5.79. The molecule has 5 nitrogen and oxygen atoms in total. The summed E-state index contributed by atoms with van der Waals surface area (Å²) < 4.78 is 38.3. The first-order valence-corrected chi connectivity index (χ1v) is 10.2. The summed E-state index contributed by atoms with van der Waals surface area (Å²) in [5.41, 5.74) is 7.88. The second kappa shape index (κ2) is 8.35. The third kappa shape index (κ3) is 4.34. The Labute approximate surface area is 173 Å². The Morgan fingerprint density at radius 2 is 1.97 bits per heavy atom. The van der Waals surface area contributed by atoms with E-state index >= 15 is 0 Å². The summed E-state index contributed by atoms with van der Waals surface area (Å²) in [5.74, 6) is 0.0402. The lowest BCUT2D eigenvalue weighted by molar-refractivity contribution is -0.138. The topological polar surface area (TPSA) is 57.3 Å². The van der Waals surface area contributed by atoms with E-state index in [2.05, 4.69) is 10.9 Å². The van der Waals surface area contributed by atoms with Crippen LogP contribution in [0.5, 0.6) is 0 Å². The monoisotopic (exact) mass is 418 g/mol. The van der Waals surface area contributed by atoms with Crippen molar-refractivity contribution in [2.45, 2.75) is 44.4 Å². The fourth-order valence-corrected chi connectivity index (χ4v) is 4.26. The van der Waals surface area contributed by atoms with Gasteiger partial charge in [-0.3, -0.25) is 20.6 Å². The molecule has 0 bridgehead atoms. The van der Waals surface area contributed by atoms with Crippen LogP contribution in [-0.4, -0.2) is 34.9 Å². The number of hydrazine groups is 1. The largest absolute Gasteiger partial charge is 0.416 e. The van der Waals surface area contributed by atoms with E-state index < -0.39 is 11.7 Å². The third-order valence-corrected chi connectivity index (χ3v) is 5.94. The van der Waals surface area contributed by atoms with E-state index in [4.69, 9.17) is 4.98 Å². The highest BCUT2D eigenvalue weighted by Gasteiger charge is 2.38. The predicted octanol–water partition coefficient (Wildman–Crippen LogP) is 3.47. The first-order valence-electron chi connectivity index (χ1n) is 10.2. The fraction of sp³-hybridized carbons (Fsp3) is 0.455. The van der Waals surface area contributed by atoms with Gasteiger partial charge in [0.15, 0.2) is 0 Å². The molecule has 0 spiro atoms. The van der Waals surface area contributed by atoms with Crippen molar-refractivity contribution in [1.82, 2.24) is 20.7 Å². The van der Waals surface area contributed by atoms with Gasteiger partial charge in [0.1, 0.15) is 0 Å². The van der Waals surface area contributed by atoms with E-state index in [-0.39, 0.29) is 23.9 Å². The quantitative estimate of drug-likeness (QED) is 0.799. The first kappa shape index (κ1) is 20.8. The fourth-order valence-electron chi connectivity index (χ4n) is 4.26. The number of pyridine rings is 1. The zero-order chi connectivity index (χ0) is 21.3. The van der Waals surface area contributed by atoms with Crippen molar-refractivity contribution in [2.24, 2.45) is 5.92 Å². The van der Waals surface area contributed by atoms with Gasteiger partial charge in [-0.1, -0.05) is 18.2 Å². The normalized spacial score (nSPS) is 24.4. The minimum absolute atomic E-state index is 0.0575. The molecule has 4 rings (SSSR count). The highest BCUT2D eigenvalue weighted by molar-refractivity contribution is 5.80. The molecule has 1 aromatic heterocycles. The number of hydrogen-bond acceptors (Lipinski definition) is 4. The molecule has 2 fully saturated rings. The van der Waals surface area contributed by atoms with Gasteiger partial charge in [-0.2, -0.15) is 13.2 Å². The molecule has 8 heteroatoms. The Hall–Kier alpha value is -2.45. The molecule has 2 saturated heterocycles. The summed E-state index contributed by atoms with van der Waals surface area (Å²) >= 11 is 0. The third-order valence-electron chi connectivity index (χ3n) is 5.94. The van der Waals surface area contributed by atoms with Gasteiger partial charge in [0.25, 0.3) is 0 Å². The summed E-state index contributed by atoms with van der Waals surface area (Å²) in [6.07, 6.45) is -2.09. The van der Waals surface area contributed by atoms with Crippen molar-refractivity contribution in [2.75, 3.05) is 13.1 Å². The van der Waals surface area contributed by atoms with E-state index in [1.54, 1.807) is 0 Å². The molecule has 3 atom stereocenters. The van der Waals surface area contributed by atoms with Crippen LogP contribution in [0.15, 0.2) is 42.5 Å². The Morgan fingerprint density at radius 3 is 2.63 bits per heavy atom. The van der Waals surface area contributed by atoms with Crippen LogP contribution in [-0.2, 0) is 17.4 Å². The average molecular weight is 418 g/mol. The van der Waals surface area contributed by atoms with E-state index in [9.17, 15) is 18.0 Å². The number of nitrogens with zero attached hydrogens (tertiary/aromatic N) is 2. The van der Waals surface area contributed by atoms with E-state index in [0.717, 1.165) is 48.5 Å². The summed E-state index contributed by atoms with van der Waals surface area (Å²) in [6.45, 7) is 3.33. The Bertz CT molecular complexity index is 900. The number of aromatic nitrogens is 1. The zero-order valence-corrected chi connectivity index (χ0v) is 16.7. The number of carbonyl (C=O) groups is 1. The van der Waals surface area contributed by atoms with Crippen LogP contribution in [0, 0.1) is 5.92 Å². The van der Waals surface area contributed by atoms with Gasteiger partial charge in [-0.05, 0) is 49.6 Å². The molecule has 2 aromatic rings. The molecule has 3 heterocycles. The molecular formula is C22H25F3N4O. The van der Waals surface area contributed by atoms with E-state index in [0.29, 0.717) is 13.0 Å². The molecule has 1 amide bonds. The number of carbonyl (C=O) groups excluding carboxylic acids is 1. The van der Waals surface area contributed by atoms with Crippen molar-refractivity contribution in [3.05, 3.63) is 65.0 Å². The molecule has 0 radical (unpaired) electrons. The molecule has 0 aliphatic carbocycles. The van der Waals surface area contributed by atoms with Crippen LogP contribution in [0.4, 0.5) is 13.2 Å². The van der Waals surface area contributed by atoms with Crippen LogP contribution in [0.2, 0.25) is 0 Å². The maximum atomic E-state index is 13.1. The highest BCUT2D eigenvalue weighted by atomic mass is 19.4. The van der Waals surface area contributed by atoms with Gasteiger partial charge in [-0.15, -0.1) is 0 Å². The first-order chi connectivity index (χ1) is 14.3. The number of amides is 1. The number of likely N-dealkylation sites (tertiary alicyclic amines) is 1. The van der Waals surface area contributed by atoms with Crippen molar-refractivity contribution in [3.8, 4) is 0 Å². The smallest absolute Gasteiger partial charge is 0.334 e. The van der Waals surface area contributed by atoms with E-state index in [1.165, 1.54) is 12.1 Å². The molecule has 0 saturated carbocycles. The SMILES string of the molecule is CC1NNCC1C(=O)N1CCCC1c1cccc(Cc2ccc(C(F)(F)F)cc2)n1. The molecule has 1 aromatic carbocycles. The minimum Gasteiger partial charge on any atom is -0.334 e. The lowest BCUT2D eigenvalue weighted by Crippen LogP contribution is -2.41. The molecular weight excluding hydrogens is 393 g/mol. The van der Waals surface area contributed by atoms with Crippen molar-refractivity contribution in [3.63, 3.8) is 0 Å². The maximum absolute atomic E-state index is 13.1. The average Bonchev–Trinajstić information content (AvgIpc) is 3.36. The van der Waals surface area contributed by atoms with Gasteiger partial charge >= 0.3 is 6.18 Å². The Balaban J connectivity index is 1.49. The number of nitrogens with one attached hydrogen (secondary N) is 2. The molecule has 160 valence electrons. The van der Waals surface area contributed by atoms with Crippen LogP contribution in [0.25, 0.3) is 0 Å². The minimum atomic E-state index is -4.34. The summed E-state index contributed by atoms with van der Waals surface area (Å²) in [7, 11) is 0. The standard InChI is InChI=1S/C22H25F3N4O/c1-14-18(13-26-28-14)21(30)29-11-3-6-20(29)19-5-2-4-17(27-19)12-15-7-9-16(10-8-15)22(23,24)25/h2,4-5,7-10,14,18,20,26,28H,3,6,11-13H2,1H3. The van der Waals surface area contributed by atoms with Crippen molar-refractivity contribution >= 4 is 5.91 Å². The van der Waals surface area contributed by atoms with Gasteiger partial charge in [-0.25, -0.2) is 0 Å². The summed E-state index contributed by atoms with van der Waals surface area (Å²) in [4.78, 5) is 19.7. The lowest BCUT2D eigenvalue weighted by Gasteiger charge is -2.28. The number of rotatable bonds is 4. The van der Waals surface area contributed by atoms with Gasteiger partial charge in [0, 0.05) is 31.2 Å². The number of alkyl halides is 3. The van der Waals surface area contributed by atoms with Gasteiger partial charge in [0.2, 0.25) is 5.91 Å². The number of benzene rings is 1. The van der Waals surface area contributed by atoms with Crippen molar-refractivity contribution < 1.29 is 18.0 Å². The molecule has 2 aliphatic rings. The van der Waals surface area contributed by atoms with Crippen LogP contribution in [0.3, 0.4) is 0 Å². The van der Waals surface area contributed by atoms with E-state index in [1.807, 2.05) is 30.0 Å². The zero-order valence-electron chi connectivity index (χ0n) is 16.7.